The number of halogens is 2. The Bertz CT molecular complexity index is 696. The Balaban J connectivity index is 1.69. The summed E-state index contributed by atoms with van der Waals surface area (Å²) in [7, 11) is 0. The molecule has 0 unspecified atom stereocenters. The molecule has 0 saturated carbocycles. The standard InChI is InChI=1S/C16H17Cl2N3OS/c17-12-6-5-11(9-13(12)18)19-16-20-14(10-23-16)15(22)21-7-3-1-2-4-8-21/h5-6,9-10H,1-4,7-8H2,(H,19,20). The lowest BCUT2D eigenvalue weighted by atomic mass is 10.2. The number of hydrogen-bond donors (Lipinski definition) is 1. The van der Waals surface area contributed by atoms with E-state index >= 15 is 0 Å². The Hall–Kier alpha value is -1.30. The summed E-state index contributed by atoms with van der Waals surface area (Å²) in [5, 5.41) is 6.61. The molecule has 0 spiro atoms. The number of nitrogens with zero attached hydrogens (tertiary/aromatic N) is 2. The lowest BCUT2D eigenvalue weighted by Crippen LogP contribution is -2.32. The van der Waals surface area contributed by atoms with E-state index in [1.54, 1.807) is 17.5 Å². The van der Waals surface area contributed by atoms with Crippen molar-refractivity contribution in [3.8, 4) is 0 Å². The van der Waals surface area contributed by atoms with Gasteiger partial charge in [0.05, 0.1) is 10.0 Å². The van der Waals surface area contributed by atoms with Crippen molar-refractivity contribution in [2.45, 2.75) is 25.7 Å². The van der Waals surface area contributed by atoms with Crippen molar-refractivity contribution < 1.29 is 4.79 Å². The molecule has 1 aromatic carbocycles. The topological polar surface area (TPSA) is 45.2 Å². The van der Waals surface area contributed by atoms with Gasteiger partial charge in [-0.25, -0.2) is 4.98 Å². The summed E-state index contributed by atoms with van der Waals surface area (Å²) in [5.74, 6) is 0.0188. The number of aromatic nitrogens is 1. The van der Waals surface area contributed by atoms with E-state index in [1.807, 2.05) is 11.0 Å². The fraction of sp³-hybridized carbons (Fsp3) is 0.375. The number of thiazole rings is 1. The van der Waals surface area contributed by atoms with Gasteiger partial charge in [-0.15, -0.1) is 11.3 Å². The number of nitrogens with one attached hydrogen (secondary N) is 1. The van der Waals surface area contributed by atoms with Gasteiger partial charge in [0, 0.05) is 24.2 Å². The molecule has 3 rings (SSSR count). The number of carbonyl (C=O) groups is 1. The molecule has 122 valence electrons. The van der Waals surface area contributed by atoms with E-state index in [-0.39, 0.29) is 5.91 Å². The number of hydrogen-bond acceptors (Lipinski definition) is 4. The second kappa shape index (κ2) is 7.51. The van der Waals surface area contributed by atoms with Crippen molar-refractivity contribution in [3.05, 3.63) is 39.3 Å². The van der Waals surface area contributed by atoms with Crippen LogP contribution in [0.5, 0.6) is 0 Å². The third-order valence-electron chi connectivity index (χ3n) is 3.79. The molecule has 0 aliphatic carbocycles. The minimum atomic E-state index is 0.0188. The van der Waals surface area contributed by atoms with Gasteiger partial charge < -0.3 is 10.2 Å². The highest BCUT2D eigenvalue weighted by Gasteiger charge is 2.19. The first-order valence-corrected chi connectivity index (χ1v) is 9.24. The molecule has 1 aromatic heterocycles. The van der Waals surface area contributed by atoms with Gasteiger partial charge in [-0.05, 0) is 31.0 Å². The smallest absolute Gasteiger partial charge is 0.273 e. The second-order valence-corrected chi connectivity index (χ2v) is 7.17. The van der Waals surface area contributed by atoms with Crippen LogP contribution in [0.15, 0.2) is 23.6 Å². The summed E-state index contributed by atoms with van der Waals surface area (Å²) in [5.41, 5.74) is 1.29. The van der Waals surface area contributed by atoms with E-state index in [0.29, 0.717) is 20.9 Å². The van der Waals surface area contributed by atoms with E-state index in [1.165, 1.54) is 24.2 Å². The van der Waals surface area contributed by atoms with Crippen LogP contribution in [-0.4, -0.2) is 28.9 Å². The Kier molecular flexibility index (Phi) is 5.41. The van der Waals surface area contributed by atoms with Crippen molar-refractivity contribution in [1.82, 2.24) is 9.88 Å². The van der Waals surface area contributed by atoms with Crippen LogP contribution in [0.25, 0.3) is 0 Å². The highest BCUT2D eigenvalue weighted by atomic mass is 35.5. The Morgan fingerprint density at radius 2 is 1.87 bits per heavy atom. The molecule has 4 nitrogen and oxygen atoms in total. The Morgan fingerprint density at radius 1 is 1.13 bits per heavy atom. The molecule has 1 aliphatic rings. The van der Waals surface area contributed by atoms with Gasteiger partial charge in [0.25, 0.3) is 5.91 Å². The molecule has 1 saturated heterocycles. The highest BCUT2D eigenvalue weighted by Crippen LogP contribution is 2.28. The van der Waals surface area contributed by atoms with Crippen LogP contribution in [0.2, 0.25) is 10.0 Å². The molecule has 1 amide bonds. The number of anilines is 2. The van der Waals surface area contributed by atoms with Crippen LogP contribution in [0, 0.1) is 0 Å². The summed E-state index contributed by atoms with van der Waals surface area (Å²) >= 11 is 13.3. The highest BCUT2D eigenvalue weighted by molar-refractivity contribution is 7.14. The molecule has 23 heavy (non-hydrogen) atoms. The summed E-state index contributed by atoms with van der Waals surface area (Å²) in [6, 6.07) is 5.29. The normalized spacial score (nSPS) is 15.3. The molecule has 2 aromatic rings. The largest absolute Gasteiger partial charge is 0.337 e. The minimum Gasteiger partial charge on any atom is -0.337 e. The lowest BCUT2D eigenvalue weighted by Gasteiger charge is -2.18. The summed E-state index contributed by atoms with van der Waals surface area (Å²) in [6.07, 6.45) is 4.55. The number of carbonyl (C=O) groups excluding carboxylic acids is 1. The second-order valence-electron chi connectivity index (χ2n) is 5.50. The van der Waals surface area contributed by atoms with E-state index < -0.39 is 0 Å². The van der Waals surface area contributed by atoms with Gasteiger partial charge in [-0.1, -0.05) is 36.0 Å². The molecular formula is C16H17Cl2N3OS. The van der Waals surface area contributed by atoms with E-state index in [0.717, 1.165) is 31.6 Å². The van der Waals surface area contributed by atoms with E-state index in [2.05, 4.69) is 10.3 Å². The number of benzene rings is 1. The molecule has 1 fully saturated rings. The van der Waals surface area contributed by atoms with Crippen molar-refractivity contribution >= 4 is 51.3 Å². The van der Waals surface area contributed by atoms with Crippen molar-refractivity contribution in [2.24, 2.45) is 0 Å². The first-order chi connectivity index (χ1) is 11.1. The summed E-state index contributed by atoms with van der Waals surface area (Å²) < 4.78 is 0. The molecule has 0 radical (unpaired) electrons. The fourth-order valence-corrected chi connectivity index (χ4v) is 3.57. The number of likely N-dealkylation sites (tertiary alicyclic amines) is 1. The van der Waals surface area contributed by atoms with Gasteiger partial charge in [0.1, 0.15) is 5.69 Å². The van der Waals surface area contributed by atoms with Gasteiger partial charge in [0.15, 0.2) is 5.13 Å². The van der Waals surface area contributed by atoms with Crippen LogP contribution in [-0.2, 0) is 0 Å². The van der Waals surface area contributed by atoms with Gasteiger partial charge >= 0.3 is 0 Å². The number of rotatable bonds is 3. The van der Waals surface area contributed by atoms with Crippen molar-refractivity contribution in [3.63, 3.8) is 0 Å². The van der Waals surface area contributed by atoms with E-state index in [4.69, 9.17) is 23.2 Å². The number of amides is 1. The molecule has 1 N–H and O–H groups in total. The predicted molar refractivity (Wildman–Crippen MR) is 96.2 cm³/mol. The summed E-state index contributed by atoms with van der Waals surface area (Å²) in [4.78, 5) is 18.8. The monoisotopic (exact) mass is 369 g/mol. The van der Waals surface area contributed by atoms with Crippen LogP contribution in [0.4, 0.5) is 10.8 Å². The zero-order valence-electron chi connectivity index (χ0n) is 12.5. The van der Waals surface area contributed by atoms with Gasteiger partial charge in [0.2, 0.25) is 0 Å². The SMILES string of the molecule is O=C(c1csc(Nc2ccc(Cl)c(Cl)c2)n1)N1CCCCCC1. The minimum absolute atomic E-state index is 0.0188. The molecule has 2 heterocycles. The molecule has 1 aliphatic heterocycles. The van der Waals surface area contributed by atoms with Crippen molar-refractivity contribution in [1.29, 1.82) is 0 Å². The Labute approximate surface area is 149 Å². The van der Waals surface area contributed by atoms with Crippen LogP contribution >= 0.6 is 34.5 Å². The first-order valence-electron chi connectivity index (χ1n) is 7.60. The van der Waals surface area contributed by atoms with Crippen LogP contribution < -0.4 is 5.32 Å². The lowest BCUT2D eigenvalue weighted by molar-refractivity contribution is 0.0756. The maximum Gasteiger partial charge on any atom is 0.273 e. The molecule has 0 atom stereocenters. The zero-order valence-corrected chi connectivity index (χ0v) is 14.8. The first kappa shape index (κ1) is 16.6. The zero-order chi connectivity index (χ0) is 16.2. The maximum absolute atomic E-state index is 12.5. The molecule has 0 bridgehead atoms. The third kappa shape index (κ3) is 4.16. The Morgan fingerprint density at radius 3 is 2.57 bits per heavy atom. The summed E-state index contributed by atoms with van der Waals surface area (Å²) in [6.45, 7) is 1.65. The van der Waals surface area contributed by atoms with E-state index in [9.17, 15) is 4.79 Å². The van der Waals surface area contributed by atoms with Gasteiger partial charge in [-0.2, -0.15) is 0 Å². The quantitative estimate of drug-likeness (QED) is 0.807. The fourth-order valence-electron chi connectivity index (χ4n) is 2.56. The predicted octanol–water partition coefficient (Wildman–Crippen LogP) is 5.21. The third-order valence-corrected chi connectivity index (χ3v) is 5.28. The van der Waals surface area contributed by atoms with Crippen molar-refractivity contribution in [2.75, 3.05) is 18.4 Å². The maximum atomic E-state index is 12.5. The van der Waals surface area contributed by atoms with Crippen LogP contribution in [0.1, 0.15) is 36.2 Å². The average Bonchev–Trinajstić information content (AvgIpc) is 2.83. The molecular weight excluding hydrogens is 353 g/mol. The van der Waals surface area contributed by atoms with Crippen LogP contribution in [0.3, 0.4) is 0 Å². The average molecular weight is 370 g/mol. The van der Waals surface area contributed by atoms with Gasteiger partial charge in [-0.3, -0.25) is 4.79 Å². The molecule has 7 heteroatoms.